The van der Waals surface area contributed by atoms with Crippen LogP contribution in [0, 0.1) is 0 Å². The Bertz CT molecular complexity index is 1570. The fraction of sp³-hybridized carbons (Fsp3) is 0. The van der Waals surface area contributed by atoms with E-state index >= 15 is 0 Å². The first-order valence-electron chi connectivity index (χ1n) is 10.3. The van der Waals surface area contributed by atoms with E-state index in [0.29, 0.717) is 22.5 Å². The number of carbonyl (C=O) groups is 1. The van der Waals surface area contributed by atoms with Gasteiger partial charge in [-0.25, -0.2) is 26.8 Å². The topological polar surface area (TPSA) is 135 Å². The number of nitrogens with one attached hydrogen (secondary N) is 2. The van der Waals surface area contributed by atoms with E-state index in [1.165, 1.54) is 54.6 Å². The van der Waals surface area contributed by atoms with E-state index in [1.54, 1.807) is 42.5 Å². The second-order valence-corrected chi connectivity index (χ2v) is 11.0. The van der Waals surface area contributed by atoms with Crippen LogP contribution in [0.15, 0.2) is 118 Å². The molecule has 2 amide bonds. The summed E-state index contributed by atoms with van der Waals surface area (Å²) in [6.07, 6.45) is 0. The smallest absolute Gasteiger partial charge is 0.308 e. The molecule has 4 aromatic rings. The van der Waals surface area contributed by atoms with Crippen molar-refractivity contribution < 1.29 is 21.6 Å². The number of para-hydroxylation sites is 1. The lowest BCUT2D eigenvalue weighted by Crippen LogP contribution is -2.19. The summed E-state index contributed by atoms with van der Waals surface area (Å²) in [6.45, 7) is 0. The lowest BCUT2D eigenvalue weighted by Gasteiger charge is -2.10. The first-order chi connectivity index (χ1) is 16.6. The van der Waals surface area contributed by atoms with Crippen molar-refractivity contribution in [2.24, 2.45) is 5.14 Å². The van der Waals surface area contributed by atoms with E-state index in [1.807, 2.05) is 6.07 Å². The number of hydrogen-bond donors (Lipinski definition) is 3. The second kappa shape index (κ2) is 9.71. The zero-order chi connectivity index (χ0) is 25.1. The van der Waals surface area contributed by atoms with E-state index in [0.717, 1.165) is 0 Å². The largest absolute Gasteiger partial charge is 0.323 e. The first kappa shape index (κ1) is 24.1. The summed E-state index contributed by atoms with van der Waals surface area (Å²) < 4.78 is 49.9. The molecule has 0 heterocycles. The van der Waals surface area contributed by atoms with Crippen molar-refractivity contribution in [1.82, 2.24) is 0 Å². The molecule has 0 spiro atoms. The van der Waals surface area contributed by atoms with Crippen LogP contribution in [-0.4, -0.2) is 22.9 Å². The Kier molecular flexibility index (Phi) is 6.70. The lowest BCUT2D eigenvalue weighted by atomic mass is 10.1. The van der Waals surface area contributed by atoms with Gasteiger partial charge in [0.2, 0.25) is 19.9 Å². The number of sulfonamides is 1. The number of nitrogens with two attached hydrogens (primary N) is 1. The minimum absolute atomic E-state index is 0.0388. The molecule has 0 saturated heterocycles. The SMILES string of the molecule is NS(=O)(=O)c1ccccc1-c1ccc(S(=O)(=O)c2ccc(NC(=O)Nc3ccccc3)cc2)cc1. The van der Waals surface area contributed by atoms with E-state index in [2.05, 4.69) is 10.6 Å². The highest BCUT2D eigenvalue weighted by Crippen LogP contribution is 2.29. The maximum atomic E-state index is 13.1. The molecule has 10 heteroatoms. The lowest BCUT2D eigenvalue weighted by molar-refractivity contribution is 0.262. The summed E-state index contributed by atoms with van der Waals surface area (Å²) in [7, 11) is -7.79. The third-order valence-electron chi connectivity index (χ3n) is 5.12. The molecule has 8 nitrogen and oxygen atoms in total. The van der Waals surface area contributed by atoms with Crippen LogP contribution in [-0.2, 0) is 19.9 Å². The molecular formula is C25H21N3O5S2. The average molecular weight is 508 g/mol. The molecule has 0 unspecified atom stereocenters. The van der Waals surface area contributed by atoms with Crippen molar-refractivity contribution >= 4 is 37.3 Å². The standard InChI is InChI=1S/C25H21N3O5S2/c26-35(32,33)24-9-5-4-8-23(24)18-10-14-21(15-11-18)34(30,31)22-16-12-20(13-17-22)28-25(29)27-19-6-2-1-3-7-19/h1-17H,(H2,26,32,33)(H2,27,28,29). The quantitative estimate of drug-likeness (QED) is 0.354. The van der Waals surface area contributed by atoms with Crippen LogP contribution in [0.3, 0.4) is 0 Å². The predicted molar refractivity (Wildman–Crippen MR) is 134 cm³/mol. The normalized spacial score (nSPS) is 11.6. The molecule has 4 rings (SSSR count). The summed E-state index contributed by atoms with van der Waals surface area (Å²) >= 11 is 0. The molecular weight excluding hydrogens is 486 g/mol. The molecule has 0 bridgehead atoms. The van der Waals surface area contributed by atoms with Gasteiger partial charge in [-0.1, -0.05) is 48.5 Å². The third-order valence-corrected chi connectivity index (χ3v) is 7.88. The first-order valence-corrected chi connectivity index (χ1v) is 13.4. The molecule has 0 fully saturated rings. The van der Waals surface area contributed by atoms with Crippen LogP contribution in [0.2, 0.25) is 0 Å². The number of amides is 2. The van der Waals surface area contributed by atoms with Crippen molar-refractivity contribution in [1.29, 1.82) is 0 Å². The number of sulfone groups is 1. The number of benzene rings is 4. The molecule has 0 aliphatic heterocycles. The Morgan fingerprint density at radius 1 is 0.600 bits per heavy atom. The Morgan fingerprint density at radius 2 is 1.09 bits per heavy atom. The number of hydrogen-bond acceptors (Lipinski definition) is 5. The van der Waals surface area contributed by atoms with Crippen LogP contribution >= 0.6 is 0 Å². The summed E-state index contributed by atoms with van der Waals surface area (Å²) in [5.74, 6) is 0. The van der Waals surface area contributed by atoms with Crippen LogP contribution < -0.4 is 15.8 Å². The van der Waals surface area contributed by atoms with E-state index in [9.17, 15) is 21.6 Å². The fourth-order valence-corrected chi connectivity index (χ4v) is 5.46. The zero-order valence-electron chi connectivity index (χ0n) is 18.3. The minimum atomic E-state index is -3.95. The fourth-order valence-electron chi connectivity index (χ4n) is 3.44. The molecule has 0 aromatic heterocycles. The molecule has 4 aromatic carbocycles. The monoisotopic (exact) mass is 507 g/mol. The Morgan fingerprint density at radius 3 is 1.66 bits per heavy atom. The summed E-state index contributed by atoms with van der Waals surface area (Å²) in [5.41, 5.74) is 1.94. The Balaban J connectivity index is 1.52. The molecule has 0 atom stereocenters. The van der Waals surface area contributed by atoms with Gasteiger partial charge in [0.15, 0.2) is 0 Å². The molecule has 0 saturated carbocycles. The van der Waals surface area contributed by atoms with Crippen molar-refractivity contribution in [3.63, 3.8) is 0 Å². The van der Waals surface area contributed by atoms with Crippen LogP contribution in [0.1, 0.15) is 0 Å². The minimum Gasteiger partial charge on any atom is -0.308 e. The van der Waals surface area contributed by atoms with Crippen molar-refractivity contribution in [3.05, 3.63) is 103 Å². The number of carbonyl (C=O) groups excluding carboxylic acids is 1. The maximum Gasteiger partial charge on any atom is 0.323 e. The second-order valence-electron chi connectivity index (χ2n) is 7.54. The van der Waals surface area contributed by atoms with E-state index < -0.39 is 25.9 Å². The van der Waals surface area contributed by atoms with Crippen molar-refractivity contribution in [3.8, 4) is 11.1 Å². The highest BCUT2D eigenvalue weighted by atomic mass is 32.2. The van der Waals surface area contributed by atoms with Gasteiger partial charge in [0.05, 0.1) is 14.7 Å². The van der Waals surface area contributed by atoms with E-state index in [4.69, 9.17) is 5.14 Å². The molecule has 35 heavy (non-hydrogen) atoms. The number of urea groups is 1. The summed E-state index contributed by atoms with van der Waals surface area (Å²) in [6, 6.07) is 26.3. The van der Waals surface area contributed by atoms with Crippen LogP contribution in [0.5, 0.6) is 0 Å². The van der Waals surface area contributed by atoms with Crippen molar-refractivity contribution in [2.45, 2.75) is 14.7 Å². The molecule has 0 radical (unpaired) electrons. The number of primary sulfonamides is 1. The average Bonchev–Trinajstić information content (AvgIpc) is 2.84. The van der Waals surface area contributed by atoms with Crippen LogP contribution in [0.4, 0.5) is 16.2 Å². The van der Waals surface area contributed by atoms with Gasteiger partial charge < -0.3 is 10.6 Å². The Hall–Kier alpha value is -3.99. The molecule has 4 N–H and O–H groups in total. The third kappa shape index (κ3) is 5.57. The number of anilines is 2. The number of rotatable bonds is 6. The molecule has 0 aliphatic rings. The van der Waals surface area contributed by atoms with Gasteiger partial charge in [0, 0.05) is 16.9 Å². The van der Waals surface area contributed by atoms with Gasteiger partial charge in [0.25, 0.3) is 0 Å². The van der Waals surface area contributed by atoms with Gasteiger partial charge in [-0.15, -0.1) is 0 Å². The van der Waals surface area contributed by atoms with Gasteiger partial charge in [-0.3, -0.25) is 0 Å². The Labute approximate surface area is 203 Å². The maximum absolute atomic E-state index is 13.1. The molecule has 178 valence electrons. The zero-order valence-corrected chi connectivity index (χ0v) is 19.9. The van der Waals surface area contributed by atoms with Crippen LogP contribution in [0.25, 0.3) is 11.1 Å². The van der Waals surface area contributed by atoms with E-state index in [-0.39, 0.29) is 14.7 Å². The van der Waals surface area contributed by atoms with Gasteiger partial charge in [0.1, 0.15) is 0 Å². The predicted octanol–water partition coefficient (Wildman–Crippen LogP) is 4.48. The van der Waals surface area contributed by atoms with Gasteiger partial charge in [-0.05, 0) is 60.2 Å². The van der Waals surface area contributed by atoms with Gasteiger partial charge >= 0.3 is 6.03 Å². The summed E-state index contributed by atoms with van der Waals surface area (Å²) in [4.78, 5) is 12.2. The van der Waals surface area contributed by atoms with Gasteiger partial charge in [-0.2, -0.15) is 0 Å². The highest BCUT2D eigenvalue weighted by Gasteiger charge is 2.19. The summed E-state index contributed by atoms with van der Waals surface area (Å²) in [5, 5.41) is 10.6. The highest BCUT2D eigenvalue weighted by molar-refractivity contribution is 7.91. The van der Waals surface area contributed by atoms with Crippen molar-refractivity contribution in [2.75, 3.05) is 10.6 Å². The molecule has 0 aliphatic carbocycles.